The monoisotopic (exact) mass is 560 g/mol. The van der Waals surface area contributed by atoms with E-state index in [1.807, 2.05) is 37.6 Å². The van der Waals surface area contributed by atoms with E-state index in [1.54, 1.807) is 12.3 Å². The highest BCUT2D eigenvalue weighted by Gasteiger charge is 2.42. The molecule has 204 valence electrons. The van der Waals surface area contributed by atoms with Crippen molar-refractivity contribution < 1.29 is 14.6 Å². The summed E-state index contributed by atoms with van der Waals surface area (Å²) in [6.07, 6.45) is 4.51. The number of fused-ring (bicyclic) bond motifs is 1. The van der Waals surface area contributed by atoms with Gasteiger partial charge in [0.15, 0.2) is 5.65 Å². The van der Waals surface area contributed by atoms with Crippen LogP contribution in [-0.2, 0) is 9.53 Å². The third kappa shape index (κ3) is 5.09. The van der Waals surface area contributed by atoms with Crippen molar-refractivity contribution in [1.29, 1.82) is 0 Å². The number of ether oxygens (including phenoxy) is 1. The van der Waals surface area contributed by atoms with E-state index in [0.29, 0.717) is 34.7 Å². The molecule has 2 saturated heterocycles. The summed E-state index contributed by atoms with van der Waals surface area (Å²) >= 11 is 12.6. The highest BCUT2D eigenvalue weighted by atomic mass is 35.5. The first-order valence-corrected chi connectivity index (χ1v) is 14.0. The molecule has 4 heterocycles. The van der Waals surface area contributed by atoms with E-state index in [9.17, 15) is 9.90 Å². The number of likely N-dealkylation sites (tertiary alicyclic amines) is 1. The molecule has 0 spiro atoms. The van der Waals surface area contributed by atoms with Crippen molar-refractivity contribution in [3.05, 3.63) is 45.7 Å². The van der Waals surface area contributed by atoms with Crippen molar-refractivity contribution >= 4 is 46.2 Å². The van der Waals surface area contributed by atoms with E-state index >= 15 is 0 Å². The number of anilines is 1. The van der Waals surface area contributed by atoms with Crippen LogP contribution in [0, 0.1) is 12.8 Å². The highest BCUT2D eigenvalue weighted by Crippen LogP contribution is 2.34. The number of benzene rings is 1. The van der Waals surface area contributed by atoms with Gasteiger partial charge in [-0.3, -0.25) is 9.69 Å². The van der Waals surface area contributed by atoms with Crippen LogP contribution >= 0.6 is 23.2 Å². The third-order valence-electron chi connectivity index (χ3n) is 7.89. The van der Waals surface area contributed by atoms with Gasteiger partial charge in [0.1, 0.15) is 11.3 Å². The molecule has 4 atom stereocenters. The normalized spacial score (nSPS) is 23.2. The molecular formula is C27H34Cl2N6O3. The number of carbonyl (C=O) groups is 1. The number of aromatic nitrogens is 4. The number of nitrogens with zero attached hydrogens (tertiary/aromatic N) is 6. The minimum atomic E-state index is -0.341. The van der Waals surface area contributed by atoms with E-state index in [4.69, 9.17) is 43.0 Å². The summed E-state index contributed by atoms with van der Waals surface area (Å²) in [4.78, 5) is 27.2. The fraction of sp³-hybridized carbons (Fsp3) is 0.556. The molecule has 0 radical (unpaired) electrons. The smallest absolute Gasteiger partial charge is 0.312 e. The van der Waals surface area contributed by atoms with Gasteiger partial charge < -0.3 is 14.7 Å². The maximum absolute atomic E-state index is 13.1. The zero-order valence-electron chi connectivity index (χ0n) is 22.0. The number of aliphatic hydroxyl groups excluding tert-OH is 1. The second-order valence-corrected chi connectivity index (χ2v) is 11.0. The molecule has 1 N–H and O–H groups in total. The Morgan fingerprint density at radius 3 is 2.82 bits per heavy atom. The van der Waals surface area contributed by atoms with Gasteiger partial charge in [0.2, 0.25) is 0 Å². The number of carbonyl (C=O) groups excluding carboxylic acids is 1. The van der Waals surface area contributed by atoms with Gasteiger partial charge in [-0.25, -0.2) is 14.6 Å². The van der Waals surface area contributed by atoms with Crippen LogP contribution < -0.4 is 4.90 Å². The topological polar surface area (TPSA) is 96.6 Å². The Morgan fingerprint density at radius 1 is 1.26 bits per heavy atom. The van der Waals surface area contributed by atoms with Crippen molar-refractivity contribution in [2.75, 3.05) is 37.7 Å². The van der Waals surface area contributed by atoms with Crippen molar-refractivity contribution in [2.45, 2.75) is 58.2 Å². The molecule has 9 nitrogen and oxygen atoms in total. The van der Waals surface area contributed by atoms with Crippen molar-refractivity contribution in [1.82, 2.24) is 24.6 Å². The Hall–Kier alpha value is -2.46. The van der Waals surface area contributed by atoms with Crippen molar-refractivity contribution in [3.8, 4) is 0 Å². The molecule has 1 aromatic carbocycles. The number of hydrogen-bond donors (Lipinski definition) is 1. The van der Waals surface area contributed by atoms with Gasteiger partial charge in [-0.2, -0.15) is 5.10 Å². The number of esters is 1. The lowest BCUT2D eigenvalue weighted by atomic mass is 9.90. The maximum Gasteiger partial charge on any atom is 0.312 e. The van der Waals surface area contributed by atoms with Crippen molar-refractivity contribution in [2.24, 2.45) is 5.92 Å². The largest absolute Gasteiger partial charge is 0.466 e. The van der Waals surface area contributed by atoms with Crippen LogP contribution in [0.15, 0.2) is 24.4 Å². The molecule has 2 aromatic heterocycles. The van der Waals surface area contributed by atoms with Gasteiger partial charge in [-0.15, -0.1) is 0 Å². The number of hydrogen-bond acceptors (Lipinski definition) is 8. The van der Waals surface area contributed by atoms with E-state index in [1.165, 1.54) is 0 Å². The van der Waals surface area contributed by atoms with Gasteiger partial charge in [0, 0.05) is 35.2 Å². The van der Waals surface area contributed by atoms with E-state index in [2.05, 4.69) is 9.80 Å². The first-order chi connectivity index (χ1) is 18.3. The summed E-state index contributed by atoms with van der Waals surface area (Å²) in [5.74, 6) is 0.152. The molecule has 2 aliphatic rings. The van der Waals surface area contributed by atoms with Crippen LogP contribution in [0.25, 0.3) is 11.2 Å². The average molecular weight is 562 g/mol. The molecule has 2 aliphatic heterocycles. The van der Waals surface area contributed by atoms with Gasteiger partial charge in [-0.05, 0) is 64.3 Å². The maximum atomic E-state index is 13.1. The average Bonchev–Trinajstić information content (AvgIpc) is 3.52. The molecule has 11 heteroatoms. The first-order valence-electron chi connectivity index (χ1n) is 13.3. The van der Waals surface area contributed by atoms with Crippen LogP contribution in [0.1, 0.15) is 50.4 Å². The SMILES string of the molecule is CCOC(=O)C1CN(c2cnc3c(C)nn([C@H](C)c4ccc(Cl)cc4Cl)c3n2)CCC1N1CCCC1CO. The summed E-state index contributed by atoms with van der Waals surface area (Å²) in [5.41, 5.74) is 3.06. The van der Waals surface area contributed by atoms with Gasteiger partial charge in [-0.1, -0.05) is 29.3 Å². The highest BCUT2D eigenvalue weighted by molar-refractivity contribution is 6.35. The van der Waals surface area contributed by atoms with Crippen molar-refractivity contribution in [3.63, 3.8) is 0 Å². The van der Waals surface area contributed by atoms with Gasteiger partial charge in [0.25, 0.3) is 0 Å². The standard InChI is InChI=1S/C27H34Cl2N6O3/c1-4-38-27(37)21-14-33(11-9-23(21)34-10-5-6-19(34)15-36)24-13-30-25-16(2)32-35(26(25)31-24)17(3)20-8-7-18(28)12-22(20)29/h7-8,12-13,17,19,21,23,36H,4-6,9-11,14-15H2,1-3H3/t17-,19?,21?,23?/m1/s1. The van der Waals surface area contributed by atoms with Crippen LogP contribution in [0.5, 0.6) is 0 Å². The molecule has 38 heavy (non-hydrogen) atoms. The second kappa shape index (κ2) is 11.3. The molecule has 3 aromatic rings. The molecule has 3 unspecified atom stereocenters. The first kappa shape index (κ1) is 27.1. The second-order valence-electron chi connectivity index (χ2n) is 10.1. The molecule has 2 fully saturated rings. The molecular weight excluding hydrogens is 527 g/mol. The molecule has 0 amide bonds. The fourth-order valence-corrected chi connectivity index (χ4v) is 6.52. The third-order valence-corrected chi connectivity index (χ3v) is 8.45. The summed E-state index contributed by atoms with van der Waals surface area (Å²) < 4.78 is 7.34. The lowest BCUT2D eigenvalue weighted by Gasteiger charge is -2.43. The lowest BCUT2D eigenvalue weighted by Crippen LogP contribution is -2.56. The Labute approximate surface area is 232 Å². The number of aryl methyl sites for hydroxylation is 1. The molecule has 5 rings (SSSR count). The van der Waals surface area contributed by atoms with Crippen LogP contribution in [0.2, 0.25) is 10.0 Å². The quantitative estimate of drug-likeness (QED) is 0.428. The minimum Gasteiger partial charge on any atom is -0.466 e. The summed E-state index contributed by atoms with van der Waals surface area (Å²) in [7, 11) is 0. The molecule has 0 bridgehead atoms. The summed E-state index contributed by atoms with van der Waals surface area (Å²) in [6.45, 7) is 8.30. The Bertz CT molecular complexity index is 1320. The Morgan fingerprint density at radius 2 is 2.08 bits per heavy atom. The number of rotatable bonds is 7. The Balaban J connectivity index is 1.46. The zero-order chi connectivity index (χ0) is 27.0. The summed E-state index contributed by atoms with van der Waals surface area (Å²) in [6, 6.07) is 5.38. The zero-order valence-corrected chi connectivity index (χ0v) is 23.5. The molecule has 0 saturated carbocycles. The number of halogens is 2. The fourth-order valence-electron chi connectivity index (χ4n) is 5.95. The lowest BCUT2D eigenvalue weighted by molar-refractivity contribution is -0.151. The molecule has 0 aliphatic carbocycles. The van der Waals surface area contributed by atoms with E-state index < -0.39 is 0 Å². The minimum absolute atomic E-state index is 0.0291. The van der Waals surface area contributed by atoms with Crippen LogP contribution in [0.3, 0.4) is 0 Å². The predicted molar refractivity (Wildman–Crippen MR) is 148 cm³/mol. The number of aliphatic hydroxyl groups is 1. The summed E-state index contributed by atoms with van der Waals surface area (Å²) in [5, 5.41) is 15.8. The van der Waals surface area contributed by atoms with Gasteiger partial charge >= 0.3 is 5.97 Å². The van der Waals surface area contributed by atoms with E-state index in [0.717, 1.165) is 49.1 Å². The predicted octanol–water partition coefficient (Wildman–Crippen LogP) is 4.27. The van der Waals surface area contributed by atoms with Crippen LogP contribution in [0.4, 0.5) is 5.82 Å². The van der Waals surface area contributed by atoms with Gasteiger partial charge in [0.05, 0.1) is 37.1 Å². The number of piperidine rings is 1. The van der Waals surface area contributed by atoms with Crippen LogP contribution in [-0.4, -0.2) is 80.7 Å². The Kier molecular flexibility index (Phi) is 8.09. The van der Waals surface area contributed by atoms with E-state index in [-0.39, 0.29) is 36.6 Å².